The van der Waals surface area contributed by atoms with Gasteiger partial charge in [0.1, 0.15) is 5.75 Å². The summed E-state index contributed by atoms with van der Waals surface area (Å²) in [5, 5.41) is 4.04. The van der Waals surface area contributed by atoms with Crippen LogP contribution < -0.4 is 10.1 Å². The zero-order valence-corrected chi connectivity index (χ0v) is 14.5. The first-order chi connectivity index (χ1) is 12.1. The van der Waals surface area contributed by atoms with Crippen molar-refractivity contribution in [2.45, 2.75) is 25.7 Å². The van der Waals surface area contributed by atoms with E-state index in [2.05, 4.69) is 10.3 Å². The molecular formula is C18H20N2O4S. The number of aryl methyl sites for hydroxylation is 1. The van der Waals surface area contributed by atoms with Crippen LogP contribution in [0.2, 0.25) is 0 Å². The molecule has 2 aromatic rings. The number of carbonyl (C=O) groups is 1. The minimum absolute atomic E-state index is 0.0438. The predicted octanol–water partition coefficient (Wildman–Crippen LogP) is 2.49. The van der Waals surface area contributed by atoms with Gasteiger partial charge in [0.25, 0.3) is 0 Å². The Morgan fingerprint density at radius 3 is 2.60 bits per heavy atom. The van der Waals surface area contributed by atoms with Gasteiger partial charge in [0.15, 0.2) is 0 Å². The number of rotatable bonds is 5. The smallest absolute Gasteiger partial charge is 0.224 e. The minimum Gasteiger partial charge on any atom is -0.494 e. The highest BCUT2D eigenvalue weighted by atomic mass is 32.2. The molecule has 1 aromatic heterocycles. The van der Waals surface area contributed by atoms with Crippen LogP contribution in [0.15, 0.2) is 48.8 Å². The first-order valence-corrected chi connectivity index (χ1v) is 9.11. The van der Waals surface area contributed by atoms with E-state index < -0.39 is 10.3 Å². The van der Waals surface area contributed by atoms with E-state index in [1.165, 1.54) is 5.37 Å². The summed E-state index contributed by atoms with van der Waals surface area (Å²) in [7, 11) is -2.09. The Bertz CT molecular complexity index is 786. The quantitative estimate of drug-likeness (QED) is 0.654. The van der Waals surface area contributed by atoms with E-state index in [9.17, 15) is 13.2 Å². The topological polar surface area (TPSA) is 85.4 Å². The zero-order chi connectivity index (χ0) is 17.9. The van der Waals surface area contributed by atoms with E-state index in [1.807, 2.05) is 30.3 Å². The molecule has 7 heteroatoms. The number of anilines is 1. The monoisotopic (exact) mass is 360 g/mol. The molecule has 1 aromatic carbocycles. The second kappa shape index (κ2) is 10.2. The molecule has 0 saturated carbocycles. The second-order valence-electron chi connectivity index (χ2n) is 5.31. The van der Waals surface area contributed by atoms with Crippen LogP contribution in [-0.2, 0) is 21.5 Å². The van der Waals surface area contributed by atoms with E-state index in [0.717, 1.165) is 23.4 Å². The maximum Gasteiger partial charge on any atom is 0.224 e. The van der Waals surface area contributed by atoms with Crippen molar-refractivity contribution in [2.24, 2.45) is 0 Å². The molecule has 6 nitrogen and oxygen atoms in total. The summed E-state index contributed by atoms with van der Waals surface area (Å²) in [6.45, 7) is 0.471. The van der Waals surface area contributed by atoms with Crippen molar-refractivity contribution in [2.75, 3.05) is 11.9 Å². The lowest BCUT2D eigenvalue weighted by Crippen LogP contribution is -2.18. The lowest BCUT2D eigenvalue weighted by molar-refractivity contribution is -0.116. The largest absolute Gasteiger partial charge is 0.494 e. The van der Waals surface area contributed by atoms with Crippen LogP contribution in [0, 0.1) is 0 Å². The molecule has 0 spiro atoms. The number of nitrogens with one attached hydrogen (secondary N) is 1. The zero-order valence-electron chi connectivity index (χ0n) is 13.7. The summed E-state index contributed by atoms with van der Waals surface area (Å²) < 4.78 is 26.1. The van der Waals surface area contributed by atoms with Crippen molar-refractivity contribution in [1.82, 2.24) is 4.98 Å². The highest BCUT2D eigenvalue weighted by molar-refractivity contribution is 7.71. The van der Waals surface area contributed by atoms with Crippen LogP contribution in [0.4, 0.5) is 5.69 Å². The van der Waals surface area contributed by atoms with Gasteiger partial charge in [-0.1, -0.05) is 6.07 Å². The molecule has 0 fully saturated rings. The summed E-state index contributed by atoms with van der Waals surface area (Å²) in [6.07, 6.45) is 5.86. The number of pyridine rings is 1. The van der Waals surface area contributed by atoms with Crippen LogP contribution in [0.3, 0.4) is 0 Å². The molecule has 1 amide bonds. The van der Waals surface area contributed by atoms with Crippen LogP contribution in [0.5, 0.6) is 5.75 Å². The molecular weight excluding hydrogens is 340 g/mol. The predicted molar refractivity (Wildman–Crippen MR) is 97.3 cm³/mol. The summed E-state index contributed by atoms with van der Waals surface area (Å²) in [5.74, 6) is 0.792. The normalized spacial score (nSPS) is 12.1. The lowest BCUT2D eigenvalue weighted by Gasteiger charge is -2.17. The molecule has 25 heavy (non-hydrogen) atoms. The van der Waals surface area contributed by atoms with E-state index in [1.54, 1.807) is 18.5 Å². The Labute approximate surface area is 148 Å². The van der Waals surface area contributed by atoms with Crippen molar-refractivity contribution >= 4 is 27.3 Å². The van der Waals surface area contributed by atoms with E-state index in [0.29, 0.717) is 25.9 Å². The number of benzene rings is 1. The Balaban J connectivity index is 0.000000316. The number of unbranched alkanes of at least 4 members (excludes halogenated alkanes) is 1. The van der Waals surface area contributed by atoms with Gasteiger partial charge in [0.05, 0.1) is 6.61 Å². The van der Waals surface area contributed by atoms with Crippen molar-refractivity contribution in [3.63, 3.8) is 0 Å². The molecule has 132 valence electrons. The number of hydrogen-bond donors (Lipinski definition) is 1. The fraction of sp³-hybridized carbons (Fsp3) is 0.278. The van der Waals surface area contributed by atoms with Crippen molar-refractivity contribution in [3.05, 3.63) is 54.4 Å². The third-order valence-electron chi connectivity index (χ3n) is 3.41. The number of carbonyl (C=O) groups excluding carboxylic acids is 1. The number of nitrogens with zero attached hydrogens (tertiary/aromatic N) is 1. The Morgan fingerprint density at radius 1 is 1.16 bits per heavy atom. The molecule has 0 aliphatic carbocycles. The average molecular weight is 360 g/mol. The van der Waals surface area contributed by atoms with Crippen LogP contribution in [0.25, 0.3) is 0 Å². The van der Waals surface area contributed by atoms with Gasteiger partial charge >= 0.3 is 0 Å². The third kappa shape index (κ3) is 7.17. The van der Waals surface area contributed by atoms with Crippen LogP contribution in [-0.4, -0.2) is 31.3 Å². The average Bonchev–Trinajstić information content (AvgIpc) is 2.63. The number of amides is 1. The van der Waals surface area contributed by atoms with Gasteiger partial charge in [-0.25, -0.2) is 0 Å². The van der Waals surface area contributed by atoms with E-state index >= 15 is 0 Å². The molecule has 0 radical (unpaired) electrons. The van der Waals surface area contributed by atoms with Crippen molar-refractivity contribution in [1.29, 1.82) is 0 Å². The highest BCUT2D eigenvalue weighted by Crippen LogP contribution is 2.26. The summed E-state index contributed by atoms with van der Waals surface area (Å²) in [6, 6.07) is 11.3. The van der Waals surface area contributed by atoms with Gasteiger partial charge in [-0.05, 0) is 55.2 Å². The Kier molecular flexibility index (Phi) is 7.65. The van der Waals surface area contributed by atoms with E-state index in [4.69, 9.17) is 4.74 Å². The molecule has 0 bridgehead atoms. The molecule has 2 heterocycles. The molecule has 1 N–H and O–H groups in total. The molecule has 1 aliphatic rings. The Hall–Kier alpha value is -2.67. The van der Waals surface area contributed by atoms with Gasteiger partial charge in [0.2, 0.25) is 16.2 Å². The van der Waals surface area contributed by atoms with E-state index in [-0.39, 0.29) is 5.91 Å². The molecule has 3 rings (SSSR count). The minimum atomic E-state index is -2.09. The fourth-order valence-electron chi connectivity index (χ4n) is 2.22. The van der Waals surface area contributed by atoms with Crippen LogP contribution in [0.1, 0.15) is 24.8 Å². The van der Waals surface area contributed by atoms with Crippen LogP contribution >= 0.6 is 0 Å². The number of aromatic nitrogens is 1. The summed E-state index contributed by atoms with van der Waals surface area (Å²) in [5.41, 5.74) is 1.92. The SMILES string of the molecule is O=C1CCc2cc(OCCCC=S(=O)=O)ccc2N1.c1ccncc1. The standard InChI is InChI=1S/C13H15NO4S.C5H5N/c15-13-6-3-10-9-11(4-5-12(10)14-13)18-7-1-2-8-19(16)17;1-2-4-6-5-3-1/h4-5,8-9H,1-3,6-7H2,(H,14,15);1-5H. The number of hydrogen-bond acceptors (Lipinski definition) is 5. The summed E-state index contributed by atoms with van der Waals surface area (Å²) >= 11 is 0. The van der Waals surface area contributed by atoms with Gasteiger partial charge in [-0.15, -0.1) is 0 Å². The number of fused-ring (bicyclic) bond motifs is 1. The van der Waals surface area contributed by atoms with Gasteiger partial charge in [-0.3, -0.25) is 9.78 Å². The first kappa shape index (κ1) is 18.7. The van der Waals surface area contributed by atoms with Gasteiger partial charge in [-0.2, -0.15) is 8.42 Å². The first-order valence-electron chi connectivity index (χ1n) is 7.97. The molecule has 0 unspecified atom stereocenters. The number of ether oxygens (including phenoxy) is 1. The summed E-state index contributed by atoms with van der Waals surface area (Å²) in [4.78, 5) is 15.0. The fourth-order valence-corrected chi connectivity index (χ4v) is 2.57. The molecule has 1 aliphatic heterocycles. The maximum atomic E-state index is 11.2. The van der Waals surface area contributed by atoms with Crippen molar-refractivity contribution < 1.29 is 17.9 Å². The lowest BCUT2D eigenvalue weighted by atomic mass is 10.0. The van der Waals surface area contributed by atoms with Gasteiger partial charge < -0.3 is 10.1 Å². The van der Waals surface area contributed by atoms with Gasteiger partial charge in [0, 0.05) is 29.9 Å². The Morgan fingerprint density at radius 2 is 1.96 bits per heavy atom. The maximum absolute atomic E-state index is 11.2. The second-order valence-corrected chi connectivity index (χ2v) is 6.16. The molecule has 0 saturated heterocycles. The third-order valence-corrected chi connectivity index (χ3v) is 3.92. The molecule has 0 atom stereocenters. The highest BCUT2D eigenvalue weighted by Gasteiger charge is 2.14. The van der Waals surface area contributed by atoms with Crippen molar-refractivity contribution in [3.8, 4) is 5.75 Å².